The number of nitrogens with one attached hydrogen (secondary N) is 1. The van der Waals surface area contributed by atoms with Crippen LogP contribution < -0.4 is 16.0 Å². The monoisotopic (exact) mass is 235 g/mol. The van der Waals surface area contributed by atoms with Gasteiger partial charge in [-0.3, -0.25) is 14.9 Å². The molecule has 17 heavy (non-hydrogen) atoms. The lowest BCUT2D eigenvalue weighted by Gasteiger charge is -2.33. The van der Waals surface area contributed by atoms with Crippen LogP contribution in [0.3, 0.4) is 0 Å². The molecule has 1 atom stereocenters. The van der Waals surface area contributed by atoms with Crippen LogP contribution in [0.15, 0.2) is 12.4 Å². The number of hydrogen-bond acceptors (Lipinski definition) is 6. The highest BCUT2D eigenvalue weighted by Crippen LogP contribution is 2.17. The van der Waals surface area contributed by atoms with E-state index in [2.05, 4.69) is 15.3 Å². The Labute approximate surface area is 98.0 Å². The Morgan fingerprint density at radius 3 is 2.82 bits per heavy atom. The highest BCUT2D eigenvalue weighted by atomic mass is 16.2. The molecule has 0 saturated carbocycles. The SMILES string of the molecule is CCC1C(=O)NC(=O)CN1c1cnc(N)cn1. The lowest BCUT2D eigenvalue weighted by Crippen LogP contribution is -2.58. The summed E-state index contributed by atoms with van der Waals surface area (Å²) >= 11 is 0. The Morgan fingerprint density at radius 1 is 1.47 bits per heavy atom. The molecule has 0 spiro atoms. The van der Waals surface area contributed by atoms with Gasteiger partial charge in [0.1, 0.15) is 17.7 Å². The second-order valence-corrected chi connectivity index (χ2v) is 3.76. The van der Waals surface area contributed by atoms with Crippen molar-refractivity contribution >= 4 is 23.5 Å². The van der Waals surface area contributed by atoms with Crippen LogP contribution in [0.2, 0.25) is 0 Å². The van der Waals surface area contributed by atoms with Gasteiger partial charge in [-0.25, -0.2) is 9.97 Å². The van der Waals surface area contributed by atoms with Crippen molar-refractivity contribution in [2.24, 2.45) is 0 Å². The molecule has 1 fully saturated rings. The van der Waals surface area contributed by atoms with Crippen LogP contribution in [0.4, 0.5) is 11.6 Å². The highest BCUT2D eigenvalue weighted by molar-refractivity contribution is 6.04. The number of aromatic nitrogens is 2. The van der Waals surface area contributed by atoms with Gasteiger partial charge in [0.15, 0.2) is 0 Å². The van der Waals surface area contributed by atoms with Crippen molar-refractivity contribution in [2.75, 3.05) is 17.2 Å². The second kappa shape index (κ2) is 4.36. The first-order valence-electron chi connectivity index (χ1n) is 5.29. The molecule has 1 aromatic rings. The van der Waals surface area contributed by atoms with Crippen LogP contribution in [-0.4, -0.2) is 34.4 Å². The number of carbonyl (C=O) groups excluding carboxylic acids is 2. The van der Waals surface area contributed by atoms with Crippen molar-refractivity contribution in [1.29, 1.82) is 0 Å². The molecule has 0 aliphatic carbocycles. The third kappa shape index (κ3) is 2.17. The minimum absolute atomic E-state index is 0.100. The highest BCUT2D eigenvalue weighted by Gasteiger charge is 2.33. The minimum atomic E-state index is -0.398. The zero-order valence-corrected chi connectivity index (χ0v) is 9.38. The molecule has 90 valence electrons. The van der Waals surface area contributed by atoms with Gasteiger partial charge in [-0.05, 0) is 6.42 Å². The Kier molecular flexibility index (Phi) is 2.90. The van der Waals surface area contributed by atoms with Crippen LogP contribution in [0, 0.1) is 0 Å². The molecule has 3 N–H and O–H groups in total. The average Bonchev–Trinajstić information content (AvgIpc) is 2.29. The Bertz CT molecular complexity index is 445. The fraction of sp³-hybridized carbons (Fsp3) is 0.400. The summed E-state index contributed by atoms with van der Waals surface area (Å²) < 4.78 is 0. The van der Waals surface area contributed by atoms with Gasteiger partial charge in [0.05, 0.1) is 18.9 Å². The lowest BCUT2D eigenvalue weighted by molar-refractivity contribution is -0.132. The van der Waals surface area contributed by atoms with E-state index in [1.807, 2.05) is 6.92 Å². The first kappa shape index (κ1) is 11.3. The van der Waals surface area contributed by atoms with Crippen molar-refractivity contribution in [3.63, 3.8) is 0 Å². The van der Waals surface area contributed by atoms with E-state index in [1.54, 1.807) is 4.90 Å². The maximum atomic E-state index is 11.6. The zero-order chi connectivity index (χ0) is 12.4. The molecule has 1 aliphatic heterocycles. The maximum absolute atomic E-state index is 11.6. The first-order chi connectivity index (χ1) is 8.11. The van der Waals surface area contributed by atoms with E-state index >= 15 is 0 Å². The molecule has 2 rings (SSSR count). The molecule has 2 heterocycles. The predicted molar refractivity (Wildman–Crippen MR) is 61.0 cm³/mol. The fourth-order valence-corrected chi connectivity index (χ4v) is 1.79. The molecule has 0 bridgehead atoms. The molecule has 7 heteroatoms. The normalized spacial score (nSPS) is 20.3. The van der Waals surface area contributed by atoms with Crippen LogP contribution in [0.1, 0.15) is 13.3 Å². The molecule has 1 aliphatic rings. The summed E-state index contributed by atoms with van der Waals surface area (Å²) in [7, 11) is 0. The van der Waals surface area contributed by atoms with Gasteiger partial charge in [-0.2, -0.15) is 0 Å². The van der Waals surface area contributed by atoms with Gasteiger partial charge in [0, 0.05) is 0 Å². The first-order valence-corrected chi connectivity index (χ1v) is 5.29. The summed E-state index contributed by atoms with van der Waals surface area (Å²) in [6.45, 7) is 1.97. The zero-order valence-electron chi connectivity index (χ0n) is 9.38. The van der Waals surface area contributed by atoms with E-state index in [1.165, 1.54) is 12.4 Å². The van der Waals surface area contributed by atoms with E-state index in [0.717, 1.165) is 0 Å². The number of rotatable bonds is 2. The maximum Gasteiger partial charge on any atom is 0.249 e. The van der Waals surface area contributed by atoms with Crippen LogP contribution in [0.5, 0.6) is 0 Å². The largest absolute Gasteiger partial charge is 0.382 e. The third-order valence-corrected chi connectivity index (χ3v) is 2.59. The van der Waals surface area contributed by atoms with E-state index < -0.39 is 6.04 Å². The van der Waals surface area contributed by atoms with Crippen LogP contribution >= 0.6 is 0 Å². The topological polar surface area (TPSA) is 101 Å². The van der Waals surface area contributed by atoms with Crippen molar-refractivity contribution < 1.29 is 9.59 Å². The van der Waals surface area contributed by atoms with Crippen LogP contribution in [0.25, 0.3) is 0 Å². The van der Waals surface area contributed by atoms with E-state index in [4.69, 9.17) is 5.73 Å². The molecule has 2 amide bonds. The number of imide groups is 1. The standard InChI is InChI=1S/C10H13N5O2/c1-2-6-10(17)14-9(16)5-15(6)8-4-12-7(11)3-13-8/h3-4,6H,2,5H2,1H3,(H2,11,12)(H,14,16,17). The van der Waals surface area contributed by atoms with Crippen molar-refractivity contribution in [3.05, 3.63) is 12.4 Å². The number of nitrogens with two attached hydrogens (primary N) is 1. The summed E-state index contributed by atoms with van der Waals surface area (Å²) in [5, 5.41) is 2.30. The molecule has 0 aromatic carbocycles. The summed E-state index contributed by atoms with van der Waals surface area (Å²) in [6.07, 6.45) is 3.45. The number of amides is 2. The molecule has 0 radical (unpaired) electrons. The minimum Gasteiger partial charge on any atom is -0.382 e. The lowest BCUT2D eigenvalue weighted by atomic mass is 10.1. The smallest absolute Gasteiger partial charge is 0.249 e. The predicted octanol–water partition coefficient (Wildman–Crippen LogP) is -0.700. The van der Waals surface area contributed by atoms with Gasteiger partial charge in [-0.15, -0.1) is 0 Å². The molecule has 1 unspecified atom stereocenters. The average molecular weight is 235 g/mol. The van der Waals surface area contributed by atoms with Gasteiger partial charge in [-0.1, -0.05) is 6.92 Å². The van der Waals surface area contributed by atoms with E-state index in [-0.39, 0.29) is 18.4 Å². The van der Waals surface area contributed by atoms with Crippen LogP contribution in [-0.2, 0) is 9.59 Å². The van der Waals surface area contributed by atoms with Gasteiger partial charge in [0.25, 0.3) is 0 Å². The van der Waals surface area contributed by atoms with Gasteiger partial charge in [0.2, 0.25) is 11.8 Å². The van der Waals surface area contributed by atoms with E-state index in [9.17, 15) is 9.59 Å². The van der Waals surface area contributed by atoms with Crippen molar-refractivity contribution in [1.82, 2.24) is 15.3 Å². The molecule has 1 saturated heterocycles. The number of nitrogen functional groups attached to an aromatic ring is 1. The van der Waals surface area contributed by atoms with Gasteiger partial charge < -0.3 is 10.6 Å². The summed E-state index contributed by atoms with van der Waals surface area (Å²) in [4.78, 5) is 32.6. The molecular weight excluding hydrogens is 222 g/mol. The number of hydrogen-bond donors (Lipinski definition) is 2. The molecule has 1 aromatic heterocycles. The summed E-state index contributed by atoms with van der Waals surface area (Å²) in [5.74, 6) is 0.143. The summed E-state index contributed by atoms with van der Waals surface area (Å²) in [5.41, 5.74) is 5.44. The quantitative estimate of drug-likeness (QED) is 0.657. The Balaban J connectivity index is 2.30. The van der Waals surface area contributed by atoms with Crippen molar-refractivity contribution in [3.8, 4) is 0 Å². The summed E-state index contributed by atoms with van der Waals surface area (Å²) in [6, 6.07) is -0.398. The van der Waals surface area contributed by atoms with Crippen molar-refractivity contribution in [2.45, 2.75) is 19.4 Å². The van der Waals surface area contributed by atoms with E-state index in [0.29, 0.717) is 18.1 Å². The number of anilines is 2. The van der Waals surface area contributed by atoms with Gasteiger partial charge >= 0.3 is 0 Å². The number of nitrogens with zero attached hydrogens (tertiary/aromatic N) is 3. The number of carbonyl (C=O) groups is 2. The molecule has 7 nitrogen and oxygen atoms in total. The Hall–Kier alpha value is -2.18. The second-order valence-electron chi connectivity index (χ2n) is 3.76. The Morgan fingerprint density at radius 2 is 2.24 bits per heavy atom. The molecular formula is C10H13N5O2. The third-order valence-electron chi connectivity index (χ3n) is 2.59. The number of piperazine rings is 1. The fourth-order valence-electron chi connectivity index (χ4n) is 1.79.